The van der Waals surface area contributed by atoms with Crippen LogP contribution in [-0.2, 0) is 17.8 Å². The molecule has 0 unspecified atom stereocenters. The molecule has 33 heavy (non-hydrogen) atoms. The first kappa shape index (κ1) is 21.5. The molecule has 0 saturated heterocycles. The van der Waals surface area contributed by atoms with Gasteiger partial charge in [-0.25, -0.2) is 0 Å². The van der Waals surface area contributed by atoms with Gasteiger partial charge in [0.2, 0.25) is 0 Å². The highest BCUT2D eigenvalue weighted by molar-refractivity contribution is 6.08. The molecule has 0 N–H and O–H groups in total. The quantitative estimate of drug-likeness (QED) is 0.325. The van der Waals surface area contributed by atoms with Crippen molar-refractivity contribution in [1.82, 2.24) is 4.98 Å². The zero-order valence-corrected chi connectivity index (χ0v) is 20.0. The van der Waals surface area contributed by atoms with Gasteiger partial charge in [0.25, 0.3) is 0 Å². The molecule has 0 amide bonds. The zero-order chi connectivity index (χ0) is 23.2. The highest BCUT2D eigenvalue weighted by atomic mass is 16.5. The maximum Gasteiger partial charge on any atom is 0.129 e. The fourth-order valence-corrected chi connectivity index (χ4v) is 4.70. The molecule has 1 aliphatic heterocycles. The smallest absolute Gasteiger partial charge is 0.129 e. The monoisotopic (exact) mass is 435 g/mol. The number of aromatic nitrogens is 1. The van der Waals surface area contributed by atoms with Crippen LogP contribution in [-0.4, -0.2) is 17.2 Å². The molecule has 0 aliphatic carbocycles. The third-order valence-corrected chi connectivity index (χ3v) is 6.23. The van der Waals surface area contributed by atoms with E-state index in [1.165, 1.54) is 33.0 Å². The van der Waals surface area contributed by atoms with Crippen molar-refractivity contribution in [3.63, 3.8) is 0 Å². The van der Waals surface area contributed by atoms with Crippen LogP contribution in [0.1, 0.15) is 49.9 Å². The molecule has 0 radical (unpaired) electrons. The van der Waals surface area contributed by atoms with E-state index in [1.54, 1.807) is 0 Å². The Bertz CT molecular complexity index is 1440. The van der Waals surface area contributed by atoms with Gasteiger partial charge in [-0.15, -0.1) is 5.92 Å². The first-order chi connectivity index (χ1) is 15.9. The van der Waals surface area contributed by atoms with E-state index >= 15 is 0 Å². The standard InChI is InChI=1S/C30H29NO2/c1-6-7-20-8-9-23-22(17-20)16-19(2)25(18-33-30(3,4)5)28(23)24-10-11-26-27-21(13-15-32-26)12-14-31-29(24)27/h8-12,14,16-17H,13,15,18H2,1-5H3. The van der Waals surface area contributed by atoms with Crippen molar-refractivity contribution in [2.75, 3.05) is 6.61 Å². The molecule has 3 heteroatoms. The van der Waals surface area contributed by atoms with E-state index in [1.807, 2.05) is 13.1 Å². The van der Waals surface area contributed by atoms with Crippen molar-refractivity contribution in [3.8, 4) is 28.7 Å². The van der Waals surface area contributed by atoms with Crippen molar-refractivity contribution in [2.45, 2.75) is 53.2 Å². The maximum atomic E-state index is 6.29. The van der Waals surface area contributed by atoms with Gasteiger partial charge >= 0.3 is 0 Å². The maximum absolute atomic E-state index is 6.29. The van der Waals surface area contributed by atoms with E-state index in [2.05, 4.69) is 82.0 Å². The molecule has 3 nitrogen and oxygen atoms in total. The number of ether oxygens (including phenoxy) is 2. The van der Waals surface area contributed by atoms with Crippen LogP contribution in [0.2, 0.25) is 0 Å². The lowest BCUT2D eigenvalue weighted by molar-refractivity contribution is -0.0149. The van der Waals surface area contributed by atoms with Crippen molar-refractivity contribution in [2.24, 2.45) is 0 Å². The van der Waals surface area contributed by atoms with Gasteiger partial charge in [-0.3, -0.25) is 4.98 Å². The Morgan fingerprint density at radius 1 is 1.09 bits per heavy atom. The molecule has 2 heterocycles. The van der Waals surface area contributed by atoms with E-state index in [9.17, 15) is 0 Å². The molecule has 0 bridgehead atoms. The van der Waals surface area contributed by atoms with Crippen molar-refractivity contribution < 1.29 is 9.47 Å². The molecule has 4 aromatic rings. The Labute approximate surface area is 195 Å². The molecule has 0 fully saturated rings. The predicted octanol–water partition coefficient (Wildman–Crippen LogP) is 6.98. The summed E-state index contributed by atoms with van der Waals surface area (Å²) in [5.41, 5.74) is 7.80. The molecule has 166 valence electrons. The molecule has 5 rings (SSSR count). The molecular formula is C30H29NO2. The minimum Gasteiger partial charge on any atom is -0.493 e. The molecule has 1 aromatic heterocycles. The lowest BCUT2D eigenvalue weighted by atomic mass is 9.87. The fraction of sp³-hybridized carbons (Fsp3) is 0.300. The second kappa shape index (κ2) is 8.21. The van der Waals surface area contributed by atoms with E-state index in [-0.39, 0.29) is 5.60 Å². The van der Waals surface area contributed by atoms with Gasteiger partial charge in [0.1, 0.15) is 5.75 Å². The van der Waals surface area contributed by atoms with E-state index in [4.69, 9.17) is 14.5 Å². The highest BCUT2D eigenvalue weighted by Gasteiger charge is 2.22. The van der Waals surface area contributed by atoms with Crippen LogP contribution in [0.5, 0.6) is 5.75 Å². The molecular weight excluding hydrogens is 406 g/mol. The number of rotatable bonds is 3. The summed E-state index contributed by atoms with van der Waals surface area (Å²) in [5, 5.41) is 3.50. The van der Waals surface area contributed by atoms with Crippen LogP contribution < -0.4 is 4.74 Å². The van der Waals surface area contributed by atoms with Gasteiger partial charge in [0.05, 0.1) is 24.3 Å². The Kier molecular flexibility index (Phi) is 5.35. The second-order valence-corrected chi connectivity index (χ2v) is 9.66. The van der Waals surface area contributed by atoms with E-state index in [0.717, 1.165) is 34.2 Å². The second-order valence-electron chi connectivity index (χ2n) is 9.66. The summed E-state index contributed by atoms with van der Waals surface area (Å²) in [6.45, 7) is 11.6. The lowest BCUT2D eigenvalue weighted by Crippen LogP contribution is -2.19. The minimum atomic E-state index is -0.231. The first-order valence-electron chi connectivity index (χ1n) is 11.5. The summed E-state index contributed by atoms with van der Waals surface area (Å²) >= 11 is 0. The van der Waals surface area contributed by atoms with Gasteiger partial charge in [-0.05, 0) is 98.0 Å². The Morgan fingerprint density at radius 3 is 2.73 bits per heavy atom. The van der Waals surface area contributed by atoms with Gasteiger partial charge in [-0.2, -0.15) is 0 Å². The Morgan fingerprint density at radius 2 is 1.94 bits per heavy atom. The van der Waals surface area contributed by atoms with E-state index < -0.39 is 0 Å². The number of hydrogen-bond acceptors (Lipinski definition) is 3. The summed E-state index contributed by atoms with van der Waals surface area (Å²) in [6.07, 6.45) is 2.83. The third-order valence-electron chi connectivity index (χ3n) is 6.23. The van der Waals surface area contributed by atoms with Crippen LogP contribution in [0, 0.1) is 18.8 Å². The van der Waals surface area contributed by atoms with Crippen LogP contribution >= 0.6 is 0 Å². The Balaban J connectivity index is 1.84. The zero-order valence-electron chi connectivity index (χ0n) is 20.0. The number of benzene rings is 3. The molecule has 1 aliphatic rings. The number of hydrogen-bond donors (Lipinski definition) is 0. The number of nitrogens with zero attached hydrogens (tertiary/aromatic N) is 1. The average molecular weight is 436 g/mol. The van der Waals surface area contributed by atoms with Crippen LogP contribution in [0.4, 0.5) is 0 Å². The Hall–Kier alpha value is -3.35. The largest absolute Gasteiger partial charge is 0.493 e. The number of aryl methyl sites for hydroxylation is 1. The minimum absolute atomic E-state index is 0.231. The molecule has 3 aromatic carbocycles. The predicted molar refractivity (Wildman–Crippen MR) is 136 cm³/mol. The number of pyridine rings is 1. The average Bonchev–Trinajstić information content (AvgIpc) is 2.78. The topological polar surface area (TPSA) is 31.4 Å². The normalized spacial score (nSPS) is 13.0. The summed E-state index contributed by atoms with van der Waals surface area (Å²) in [6, 6.07) is 15.1. The van der Waals surface area contributed by atoms with Crippen molar-refractivity contribution >= 4 is 21.7 Å². The molecule has 0 spiro atoms. The van der Waals surface area contributed by atoms with Crippen LogP contribution in [0.25, 0.3) is 32.8 Å². The molecule has 0 atom stereocenters. The van der Waals surface area contributed by atoms with E-state index in [0.29, 0.717) is 13.2 Å². The summed E-state index contributed by atoms with van der Waals surface area (Å²) in [7, 11) is 0. The van der Waals surface area contributed by atoms with Crippen LogP contribution in [0.15, 0.2) is 48.7 Å². The summed E-state index contributed by atoms with van der Waals surface area (Å²) < 4.78 is 12.3. The third kappa shape index (κ3) is 3.96. The van der Waals surface area contributed by atoms with Gasteiger partial charge in [-0.1, -0.05) is 18.1 Å². The SMILES string of the molecule is CC#Cc1ccc2c(-c3ccc4c5c(ccnc35)CCO4)c(COC(C)(C)C)c(C)cc2c1. The molecule has 0 saturated carbocycles. The number of fused-ring (bicyclic) bond motifs is 1. The van der Waals surface area contributed by atoms with Gasteiger partial charge < -0.3 is 9.47 Å². The van der Waals surface area contributed by atoms with Crippen LogP contribution in [0.3, 0.4) is 0 Å². The van der Waals surface area contributed by atoms with Gasteiger partial charge in [0, 0.05) is 29.1 Å². The van der Waals surface area contributed by atoms with Gasteiger partial charge in [0.15, 0.2) is 0 Å². The summed E-state index contributed by atoms with van der Waals surface area (Å²) in [5.74, 6) is 7.13. The first-order valence-corrected chi connectivity index (χ1v) is 11.5. The highest BCUT2D eigenvalue weighted by Crippen LogP contribution is 2.42. The van der Waals surface area contributed by atoms with Crippen molar-refractivity contribution in [1.29, 1.82) is 0 Å². The lowest BCUT2D eigenvalue weighted by Gasteiger charge is -2.24. The summed E-state index contributed by atoms with van der Waals surface area (Å²) in [4.78, 5) is 4.85. The fourth-order valence-electron chi connectivity index (χ4n) is 4.70. The van der Waals surface area contributed by atoms with Crippen molar-refractivity contribution in [3.05, 3.63) is 70.9 Å².